The van der Waals surface area contributed by atoms with Crippen molar-refractivity contribution in [2.75, 3.05) is 23.3 Å². The van der Waals surface area contributed by atoms with Gasteiger partial charge in [0.2, 0.25) is 5.95 Å². The molecule has 0 aromatic carbocycles. The molecule has 2 heterocycles. The summed E-state index contributed by atoms with van der Waals surface area (Å²) in [6.45, 7) is 4.30. The maximum absolute atomic E-state index is 6.22. The van der Waals surface area contributed by atoms with Crippen LogP contribution in [0, 0.1) is 5.92 Å². The Labute approximate surface area is 160 Å². The van der Waals surface area contributed by atoms with E-state index < -0.39 is 0 Å². The summed E-state index contributed by atoms with van der Waals surface area (Å²) in [5.41, 5.74) is 0. The fraction of sp³-hybridized carbons (Fsp3) is 0.722. The first kappa shape index (κ1) is 18.6. The average molecular weight is 382 g/mol. The lowest BCUT2D eigenvalue weighted by Crippen LogP contribution is -2.38. The normalized spacial score (nSPS) is 22.3. The van der Waals surface area contributed by atoms with Gasteiger partial charge in [-0.2, -0.15) is 4.98 Å². The van der Waals surface area contributed by atoms with Gasteiger partial charge in [0.15, 0.2) is 5.11 Å². The summed E-state index contributed by atoms with van der Waals surface area (Å²) in [5, 5.41) is 7.58. The van der Waals surface area contributed by atoms with E-state index in [-0.39, 0.29) is 0 Å². The van der Waals surface area contributed by atoms with Crippen LogP contribution in [0.4, 0.5) is 11.8 Å². The fourth-order valence-electron chi connectivity index (χ4n) is 3.77. The van der Waals surface area contributed by atoms with E-state index >= 15 is 0 Å². The lowest BCUT2D eigenvalue weighted by atomic mass is 10.0. The molecule has 1 saturated carbocycles. The van der Waals surface area contributed by atoms with Gasteiger partial charge in [0.1, 0.15) is 11.0 Å². The van der Waals surface area contributed by atoms with Crippen molar-refractivity contribution in [1.82, 2.24) is 15.3 Å². The van der Waals surface area contributed by atoms with Gasteiger partial charge < -0.3 is 15.5 Å². The Balaban J connectivity index is 1.62. The summed E-state index contributed by atoms with van der Waals surface area (Å²) in [5.74, 6) is 2.04. The molecule has 0 bridgehead atoms. The van der Waals surface area contributed by atoms with E-state index in [0.717, 1.165) is 18.9 Å². The van der Waals surface area contributed by atoms with Crippen molar-refractivity contribution in [3.8, 4) is 0 Å². The second-order valence-electron chi connectivity index (χ2n) is 7.35. The number of nitrogens with zero attached hydrogens (tertiary/aromatic N) is 3. The monoisotopic (exact) mass is 381 g/mol. The molecule has 1 aromatic rings. The summed E-state index contributed by atoms with van der Waals surface area (Å²) < 4.78 is 0. The van der Waals surface area contributed by atoms with Crippen LogP contribution >= 0.6 is 23.8 Å². The van der Waals surface area contributed by atoms with Crippen molar-refractivity contribution in [3.05, 3.63) is 11.2 Å². The zero-order valence-electron chi connectivity index (χ0n) is 14.9. The zero-order chi connectivity index (χ0) is 17.6. The highest BCUT2D eigenvalue weighted by atomic mass is 35.5. The van der Waals surface area contributed by atoms with E-state index in [1.165, 1.54) is 51.4 Å². The Kier molecular flexibility index (Phi) is 6.70. The van der Waals surface area contributed by atoms with Crippen molar-refractivity contribution >= 4 is 40.7 Å². The average Bonchev–Trinajstić information content (AvgIpc) is 2.83. The molecule has 5 nitrogen and oxygen atoms in total. The quantitative estimate of drug-likeness (QED) is 0.460. The predicted octanol–water partition coefficient (Wildman–Crippen LogP) is 4.38. The first-order valence-corrected chi connectivity index (χ1v) is 10.3. The van der Waals surface area contributed by atoms with Crippen LogP contribution < -0.4 is 15.5 Å². The van der Waals surface area contributed by atoms with Crippen LogP contribution in [-0.2, 0) is 0 Å². The van der Waals surface area contributed by atoms with Crippen LogP contribution in [0.25, 0.3) is 0 Å². The number of hydrogen-bond acceptors (Lipinski definition) is 4. The molecule has 2 N–H and O–H groups in total. The summed E-state index contributed by atoms with van der Waals surface area (Å²) >= 11 is 11.7. The third-order valence-electron chi connectivity index (χ3n) is 5.08. The van der Waals surface area contributed by atoms with Gasteiger partial charge in [0.25, 0.3) is 0 Å². The summed E-state index contributed by atoms with van der Waals surface area (Å²) in [6.07, 6.45) is 10.0. The predicted molar refractivity (Wildman–Crippen MR) is 108 cm³/mol. The smallest absolute Gasteiger partial charge is 0.232 e. The molecule has 3 rings (SSSR count). The molecule has 7 heteroatoms. The lowest BCUT2D eigenvalue weighted by molar-refractivity contribution is 0.444. The molecule has 0 amide bonds. The number of anilines is 2. The molecule has 0 spiro atoms. The fourth-order valence-corrected chi connectivity index (χ4v) is 4.20. The van der Waals surface area contributed by atoms with E-state index in [1.807, 2.05) is 6.07 Å². The first-order chi connectivity index (χ1) is 12.1. The van der Waals surface area contributed by atoms with Crippen molar-refractivity contribution in [2.45, 2.75) is 64.3 Å². The van der Waals surface area contributed by atoms with Crippen molar-refractivity contribution < 1.29 is 0 Å². The molecule has 1 aliphatic carbocycles. The van der Waals surface area contributed by atoms with Crippen molar-refractivity contribution in [1.29, 1.82) is 0 Å². The van der Waals surface area contributed by atoms with Crippen LogP contribution in [-0.4, -0.2) is 34.2 Å². The standard InChI is InChI=1S/C18H28ClN5S/c1-13-7-6-10-24(12-13)16-11-15(19)21-17(22-16)23-18(25)20-14-8-4-2-3-5-9-14/h11,13-14H,2-10,12H2,1H3,(H2,20,21,22,23,25). The Morgan fingerprint density at radius 2 is 1.92 bits per heavy atom. The number of thiocarbonyl (C=S) groups is 1. The summed E-state index contributed by atoms with van der Waals surface area (Å²) in [7, 11) is 0. The number of piperidine rings is 1. The molecule has 1 aliphatic heterocycles. The summed E-state index contributed by atoms with van der Waals surface area (Å²) in [6, 6.07) is 2.29. The Hall–Kier alpha value is -1.14. The number of nitrogens with one attached hydrogen (secondary N) is 2. The van der Waals surface area contributed by atoms with Gasteiger partial charge in [-0.05, 0) is 43.8 Å². The number of hydrogen-bond donors (Lipinski definition) is 2. The SMILES string of the molecule is CC1CCCN(c2cc(Cl)nc(NC(=S)NC3CCCCCC3)n2)C1. The molecule has 1 saturated heterocycles. The van der Waals surface area contributed by atoms with Crippen LogP contribution in [0.2, 0.25) is 5.15 Å². The largest absolute Gasteiger partial charge is 0.360 e. The molecule has 2 aliphatic rings. The van der Waals surface area contributed by atoms with E-state index in [9.17, 15) is 0 Å². The van der Waals surface area contributed by atoms with Gasteiger partial charge in [-0.1, -0.05) is 44.2 Å². The van der Waals surface area contributed by atoms with E-state index in [2.05, 4.69) is 32.4 Å². The van der Waals surface area contributed by atoms with Crippen molar-refractivity contribution in [2.24, 2.45) is 5.92 Å². The molecule has 1 atom stereocenters. The molecule has 0 radical (unpaired) electrons. The number of rotatable bonds is 3. The van der Waals surface area contributed by atoms with Gasteiger partial charge in [0, 0.05) is 25.2 Å². The molecular formula is C18H28ClN5S. The van der Waals surface area contributed by atoms with Crippen LogP contribution in [0.1, 0.15) is 58.3 Å². The van der Waals surface area contributed by atoms with Crippen LogP contribution in [0.15, 0.2) is 6.07 Å². The Morgan fingerprint density at radius 3 is 2.64 bits per heavy atom. The minimum atomic E-state index is 0.447. The lowest BCUT2D eigenvalue weighted by Gasteiger charge is -2.32. The molecule has 138 valence electrons. The van der Waals surface area contributed by atoms with Gasteiger partial charge in [0.05, 0.1) is 0 Å². The van der Waals surface area contributed by atoms with Gasteiger partial charge in [-0.25, -0.2) is 4.98 Å². The van der Waals surface area contributed by atoms with Gasteiger partial charge in [-0.15, -0.1) is 0 Å². The molecule has 2 fully saturated rings. The maximum atomic E-state index is 6.22. The van der Waals surface area contributed by atoms with Gasteiger partial charge in [-0.3, -0.25) is 0 Å². The second kappa shape index (κ2) is 8.99. The van der Waals surface area contributed by atoms with E-state index in [4.69, 9.17) is 23.8 Å². The van der Waals surface area contributed by atoms with Crippen LogP contribution in [0.3, 0.4) is 0 Å². The topological polar surface area (TPSA) is 53.1 Å². The molecular weight excluding hydrogens is 354 g/mol. The molecule has 1 aromatic heterocycles. The molecule has 1 unspecified atom stereocenters. The van der Waals surface area contributed by atoms with Gasteiger partial charge >= 0.3 is 0 Å². The third-order valence-corrected chi connectivity index (χ3v) is 5.49. The maximum Gasteiger partial charge on any atom is 0.232 e. The number of aromatic nitrogens is 2. The minimum Gasteiger partial charge on any atom is -0.360 e. The third kappa shape index (κ3) is 5.68. The minimum absolute atomic E-state index is 0.447. The van der Waals surface area contributed by atoms with E-state index in [1.54, 1.807) is 0 Å². The Morgan fingerprint density at radius 1 is 1.16 bits per heavy atom. The summed E-state index contributed by atoms with van der Waals surface area (Å²) in [4.78, 5) is 11.2. The van der Waals surface area contributed by atoms with Crippen molar-refractivity contribution in [3.63, 3.8) is 0 Å². The first-order valence-electron chi connectivity index (χ1n) is 9.47. The highest BCUT2D eigenvalue weighted by Crippen LogP contribution is 2.24. The highest BCUT2D eigenvalue weighted by molar-refractivity contribution is 7.80. The zero-order valence-corrected chi connectivity index (χ0v) is 16.5. The van der Waals surface area contributed by atoms with E-state index in [0.29, 0.717) is 28.2 Å². The highest BCUT2D eigenvalue weighted by Gasteiger charge is 2.19. The number of halogens is 1. The Bertz CT molecular complexity index is 589. The second-order valence-corrected chi connectivity index (χ2v) is 8.15. The van der Waals surface area contributed by atoms with Crippen LogP contribution in [0.5, 0.6) is 0 Å². The molecule has 25 heavy (non-hydrogen) atoms.